The van der Waals surface area contributed by atoms with Gasteiger partial charge in [-0.3, -0.25) is 9.59 Å². The molecule has 152 valence electrons. The van der Waals surface area contributed by atoms with Crippen molar-refractivity contribution in [2.75, 3.05) is 26.9 Å². The molecular formula is C23H25NO5. The first-order valence-corrected chi connectivity index (χ1v) is 9.96. The molecule has 1 atom stereocenters. The van der Waals surface area contributed by atoms with E-state index in [0.29, 0.717) is 36.8 Å². The molecule has 4 rings (SSSR count). The van der Waals surface area contributed by atoms with Crippen LogP contribution in [-0.4, -0.2) is 43.5 Å². The molecule has 0 saturated carbocycles. The van der Waals surface area contributed by atoms with Crippen LogP contribution in [0.1, 0.15) is 47.3 Å². The van der Waals surface area contributed by atoms with Crippen LogP contribution in [0.3, 0.4) is 0 Å². The van der Waals surface area contributed by atoms with Crippen molar-refractivity contribution in [3.63, 3.8) is 0 Å². The van der Waals surface area contributed by atoms with Gasteiger partial charge >= 0.3 is 0 Å². The van der Waals surface area contributed by atoms with Gasteiger partial charge in [0, 0.05) is 24.9 Å². The SMILES string of the molecule is COc1ccc2c(c1)C(C)N(C(=O)CCC(=O)c1ccc3c(c1)OCCO3)CC2. The topological polar surface area (TPSA) is 65.1 Å². The Morgan fingerprint density at radius 2 is 1.86 bits per heavy atom. The summed E-state index contributed by atoms with van der Waals surface area (Å²) in [7, 11) is 1.64. The van der Waals surface area contributed by atoms with E-state index in [1.54, 1.807) is 25.3 Å². The first-order chi connectivity index (χ1) is 14.1. The molecule has 1 unspecified atom stereocenters. The Bertz CT molecular complexity index is 939. The molecular weight excluding hydrogens is 370 g/mol. The molecule has 0 aromatic heterocycles. The number of nitrogens with zero attached hydrogens (tertiary/aromatic N) is 1. The Morgan fingerprint density at radius 1 is 1.07 bits per heavy atom. The number of hydrogen-bond acceptors (Lipinski definition) is 5. The fourth-order valence-corrected chi connectivity index (χ4v) is 3.98. The summed E-state index contributed by atoms with van der Waals surface area (Å²) in [5.74, 6) is 1.96. The van der Waals surface area contributed by atoms with Gasteiger partial charge in [0.05, 0.1) is 13.2 Å². The zero-order valence-corrected chi connectivity index (χ0v) is 16.8. The second kappa shape index (κ2) is 8.15. The monoisotopic (exact) mass is 395 g/mol. The van der Waals surface area contributed by atoms with Crippen LogP contribution in [0.4, 0.5) is 0 Å². The number of methoxy groups -OCH3 is 1. The van der Waals surface area contributed by atoms with Gasteiger partial charge in [0.15, 0.2) is 17.3 Å². The first kappa shape index (κ1) is 19.3. The second-order valence-corrected chi connectivity index (χ2v) is 7.36. The number of ketones is 1. The molecule has 2 aromatic rings. The number of ether oxygens (including phenoxy) is 3. The molecule has 2 aliphatic heterocycles. The number of carbonyl (C=O) groups is 2. The van der Waals surface area contributed by atoms with Crippen LogP contribution in [0.2, 0.25) is 0 Å². The van der Waals surface area contributed by atoms with Crippen molar-refractivity contribution >= 4 is 11.7 Å². The quantitative estimate of drug-likeness (QED) is 0.724. The maximum Gasteiger partial charge on any atom is 0.223 e. The summed E-state index contributed by atoms with van der Waals surface area (Å²) in [6.07, 6.45) is 1.18. The molecule has 0 N–H and O–H groups in total. The standard InChI is InChI=1S/C23H25NO5/c1-15-19-14-18(27-2)5-3-16(19)9-10-24(15)23(26)8-6-20(25)17-4-7-21-22(13-17)29-12-11-28-21/h3-5,7,13-15H,6,8-12H2,1-2H3. The van der Waals surface area contributed by atoms with Gasteiger partial charge in [-0.2, -0.15) is 0 Å². The third-order valence-corrected chi connectivity index (χ3v) is 5.64. The molecule has 0 bridgehead atoms. The molecule has 6 heteroatoms. The lowest BCUT2D eigenvalue weighted by Gasteiger charge is -2.35. The molecule has 0 radical (unpaired) electrons. The smallest absolute Gasteiger partial charge is 0.223 e. The van der Waals surface area contributed by atoms with E-state index in [-0.39, 0.29) is 30.6 Å². The van der Waals surface area contributed by atoms with Crippen LogP contribution < -0.4 is 14.2 Å². The summed E-state index contributed by atoms with van der Waals surface area (Å²) < 4.78 is 16.3. The highest BCUT2D eigenvalue weighted by Crippen LogP contribution is 2.33. The lowest BCUT2D eigenvalue weighted by molar-refractivity contribution is -0.133. The Morgan fingerprint density at radius 3 is 2.66 bits per heavy atom. The highest BCUT2D eigenvalue weighted by atomic mass is 16.6. The molecule has 6 nitrogen and oxygen atoms in total. The molecule has 0 saturated heterocycles. The van der Waals surface area contributed by atoms with Crippen LogP contribution in [0.25, 0.3) is 0 Å². The van der Waals surface area contributed by atoms with Crippen molar-refractivity contribution in [1.29, 1.82) is 0 Å². The lowest BCUT2D eigenvalue weighted by atomic mass is 9.92. The summed E-state index contributed by atoms with van der Waals surface area (Å²) >= 11 is 0. The summed E-state index contributed by atoms with van der Waals surface area (Å²) in [5, 5.41) is 0. The summed E-state index contributed by atoms with van der Waals surface area (Å²) in [5.41, 5.74) is 2.90. The van der Waals surface area contributed by atoms with Crippen molar-refractivity contribution < 1.29 is 23.8 Å². The van der Waals surface area contributed by atoms with Crippen molar-refractivity contribution in [1.82, 2.24) is 4.90 Å². The van der Waals surface area contributed by atoms with E-state index >= 15 is 0 Å². The molecule has 2 heterocycles. The van der Waals surface area contributed by atoms with E-state index in [0.717, 1.165) is 17.7 Å². The molecule has 0 fully saturated rings. The predicted octanol–water partition coefficient (Wildman–Crippen LogP) is 3.58. The van der Waals surface area contributed by atoms with Crippen LogP contribution in [0.15, 0.2) is 36.4 Å². The van der Waals surface area contributed by atoms with Crippen LogP contribution in [0.5, 0.6) is 17.2 Å². The fourth-order valence-electron chi connectivity index (χ4n) is 3.98. The number of carbonyl (C=O) groups excluding carboxylic acids is 2. The van der Waals surface area contributed by atoms with Crippen molar-refractivity contribution in [2.24, 2.45) is 0 Å². The summed E-state index contributed by atoms with van der Waals surface area (Å²) in [6.45, 7) is 3.68. The number of hydrogen-bond donors (Lipinski definition) is 0. The summed E-state index contributed by atoms with van der Waals surface area (Å²) in [6, 6.07) is 11.2. The number of benzene rings is 2. The zero-order valence-electron chi connectivity index (χ0n) is 16.8. The molecule has 2 aromatic carbocycles. The van der Waals surface area contributed by atoms with Gasteiger partial charge in [0.25, 0.3) is 0 Å². The fraction of sp³-hybridized carbons (Fsp3) is 0.391. The van der Waals surface area contributed by atoms with E-state index in [4.69, 9.17) is 14.2 Å². The molecule has 29 heavy (non-hydrogen) atoms. The lowest BCUT2D eigenvalue weighted by Crippen LogP contribution is -2.39. The minimum atomic E-state index is -0.0675. The van der Waals surface area contributed by atoms with Gasteiger partial charge in [-0.1, -0.05) is 6.07 Å². The van der Waals surface area contributed by atoms with E-state index in [1.165, 1.54) is 5.56 Å². The third-order valence-electron chi connectivity index (χ3n) is 5.64. The zero-order chi connectivity index (χ0) is 20.4. The van der Waals surface area contributed by atoms with Crippen LogP contribution in [0, 0.1) is 0 Å². The maximum atomic E-state index is 12.8. The number of rotatable bonds is 5. The average Bonchev–Trinajstić information content (AvgIpc) is 2.77. The van der Waals surface area contributed by atoms with Gasteiger partial charge in [0.2, 0.25) is 5.91 Å². The van der Waals surface area contributed by atoms with Crippen molar-refractivity contribution in [2.45, 2.75) is 32.2 Å². The van der Waals surface area contributed by atoms with Gasteiger partial charge in [-0.15, -0.1) is 0 Å². The van der Waals surface area contributed by atoms with Gasteiger partial charge in [0.1, 0.15) is 19.0 Å². The summed E-state index contributed by atoms with van der Waals surface area (Å²) in [4.78, 5) is 27.3. The van der Waals surface area contributed by atoms with Crippen molar-refractivity contribution in [3.05, 3.63) is 53.1 Å². The van der Waals surface area contributed by atoms with Gasteiger partial charge in [-0.05, 0) is 54.8 Å². The Balaban J connectivity index is 1.40. The average molecular weight is 395 g/mol. The highest BCUT2D eigenvalue weighted by molar-refractivity contribution is 5.98. The predicted molar refractivity (Wildman–Crippen MR) is 108 cm³/mol. The first-order valence-electron chi connectivity index (χ1n) is 9.96. The van der Waals surface area contributed by atoms with Crippen LogP contribution in [-0.2, 0) is 11.2 Å². The van der Waals surface area contributed by atoms with E-state index < -0.39 is 0 Å². The minimum absolute atomic E-state index is 0.00290. The van der Waals surface area contributed by atoms with E-state index in [1.807, 2.05) is 24.0 Å². The third kappa shape index (κ3) is 3.92. The number of Topliss-reactive ketones (excluding diaryl/α,β-unsaturated/α-hetero) is 1. The highest BCUT2D eigenvalue weighted by Gasteiger charge is 2.28. The van der Waals surface area contributed by atoms with Gasteiger partial charge in [-0.25, -0.2) is 0 Å². The van der Waals surface area contributed by atoms with Crippen LogP contribution >= 0.6 is 0 Å². The Hall–Kier alpha value is -3.02. The second-order valence-electron chi connectivity index (χ2n) is 7.36. The number of fused-ring (bicyclic) bond motifs is 2. The maximum absolute atomic E-state index is 12.8. The molecule has 1 amide bonds. The largest absolute Gasteiger partial charge is 0.497 e. The Labute approximate surface area is 170 Å². The molecule has 2 aliphatic rings. The number of amides is 1. The van der Waals surface area contributed by atoms with Crippen molar-refractivity contribution in [3.8, 4) is 17.2 Å². The van der Waals surface area contributed by atoms with E-state index in [9.17, 15) is 9.59 Å². The van der Waals surface area contributed by atoms with E-state index in [2.05, 4.69) is 6.07 Å². The minimum Gasteiger partial charge on any atom is -0.497 e. The van der Waals surface area contributed by atoms with Gasteiger partial charge < -0.3 is 19.1 Å². The Kier molecular flexibility index (Phi) is 5.43. The molecule has 0 spiro atoms. The normalized spacial score (nSPS) is 17.4. The molecule has 0 aliphatic carbocycles.